The van der Waals surface area contributed by atoms with E-state index in [4.69, 9.17) is 11.5 Å². The molecule has 1 aliphatic carbocycles. The van der Waals surface area contributed by atoms with Gasteiger partial charge in [0.25, 0.3) is 0 Å². The molecule has 8 N–H and O–H groups in total. The summed E-state index contributed by atoms with van der Waals surface area (Å²) in [6, 6.07) is -1.24. The molecule has 0 aromatic heterocycles. The van der Waals surface area contributed by atoms with Gasteiger partial charge in [-0.2, -0.15) is 0 Å². The molecule has 5 atom stereocenters. The summed E-state index contributed by atoms with van der Waals surface area (Å²) in [5, 5.41) is 17.8. The van der Waals surface area contributed by atoms with Crippen molar-refractivity contribution in [2.24, 2.45) is 23.3 Å². The fourth-order valence-corrected chi connectivity index (χ4v) is 3.50. The van der Waals surface area contributed by atoms with Crippen molar-refractivity contribution in [1.29, 1.82) is 0 Å². The van der Waals surface area contributed by atoms with Crippen LogP contribution in [0.5, 0.6) is 0 Å². The number of amides is 2. The summed E-state index contributed by atoms with van der Waals surface area (Å²) in [4.78, 5) is 35.7. The van der Waals surface area contributed by atoms with Gasteiger partial charge in [-0.15, -0.1) is 0 Å². The summed E-state index contributed by atoms with van der Waals surface area (Å²) in [5.74, 6) is -2.62. The molecule has 5 unspecified atom stereocenters. The number of rotatable bonds is 9. The van der Waals surface area contributed by atoms with Crippen LogP contribution in [-0.4, -0.2) is 47.3 Å². The molecule has 1 fully saturated rings. The molecule has 0 heterocycles. The number of nitrogens with two attached hydrogens (primary N) is 2. The molecule has 1 rings (SSSR count). The lowest BCUT2D eigenvalue weighted by Crippen LogP contribution is -2.58. The smallest absolute Gasteiger partial charge is 0.306 e. The van der Waals surface area contributed by atoms with Crippen LogP contribution in [0, 0.1) is 11.8 Å². The normalized spacial score (nSPS) is 25.4. The highest BCUT2D eigenvalue weighted by atomic mass is 16.4. The van der Waals surface area contributed by atoms with Gasteiger partial charge in [-0.1, -0.05) is 13.3 Å². The van der Waals surface area contributed by atoms with E-state index in [9.17, 15) is 19.5 Å². The van der Waals surface area contributed by atoms with E-state index in [1.165, 1.54) is 6.92 Å². The summed E-state index contributed by atoms with van der Waals surface area (Å²) in [6.45, 7) is 5.24. The third-order valence-corrected chi connectivity index (χ3v) is 4.55. The van der Waals surface area contributed by atoms with Crippen LogP contribution in [0.3, 0.4) is 0 Å². The molecule has 9 heteroatoms. The third-order valence-electron chi connectivity index (χ3n) is 4.55. The van der Waals surface area contributed by atoms with Gasteiger partial charge in [0, 0.05) is 24.9 Å². The van der Waals surface area contributed by atoms with Gasteiger partial charge in [-0.05, 0) is 26.2 Å². The van der Waals surface area contributed by atoms with Crippen molar-refractivity contribution >= 4 is 17.8 Å². The van der Waals surface area contributed by atoms with E-state index < -0.39 is 30.1 Å². The van der Waals surface area contributed by atoms with Crippen LogP contribution >= 0.6 is 0 Å². The van der Waals surface area contributed by atoms with Crippen molar-refractivity contribution in [2.75, 3.05) is 0 Å². The molecule has 9 nitrogen and oxygen atoms in total. The van der Waals surface area contributed by atoms with Crippen LogP contribution in [0.25, 0.3) is 0 Å². The van der Waals surface area contributed by atoms with Crippen molar-refractivity contribution in [3.8, 4) is 0 Å². The van der Waals surface area contributed by atoms with E-state index in [0.717, 1.165) is 12.8 Å². The monoisotopic (exact) mass is 357 g/mol. The fraction of sp³-hybridized carbons (Fsp3) is 0.812. The molecular weight excluding hydrogens is 326 g/mol. The van der Waals surface area contributed by atoms with Gasteiger partial charge in [0.05, 0.1) is 5.92 Å². The highest BCUT2D eigenvalue weighted by molar-refractivity contribution is 5.87. The standard InChI is InChI=1S/C16H31N5O4/c1-4-5-8(2)19-14(23)13(20-9(3)22)11-6-10(15(24)25)7-12(11)21-16(17)18/h8,10-13,16,21H,4-7,17-18H2,1-3H3,(H,19,23)(H,20,22)(H,24,25). The Labute approximate surface area is 148 Å². The van der Waals surface area contributed by atoms with Gasteiger partial charge in [-0.25, -0.2) is 0 Å². The van der Waals surface area contributed by atoms with Gasteiger partial charge in [0.1, 0.15) is 12.3 Å². The topological polar surface area (TPSA) is 160 Å². The fourth-order valence-electron chi connectivity index (χ4n) is 3.50. The second-order valence-corrected chi connectivity index (χ2v) is 6.85. The summed E-state index contributed by atoms with van der Waals surface area (Å²) in [7, 11) is 0. The number of carboxylic acids is 1. The Hall–Kier alpha value is -1.71. The first-order valence-corrected chi connectivity index (χ1v) is 8.73. The molecule has 0 bridgehead atoms. The minimum Gasteiger partial charge on any atom is -0.481 e. The van der Waals surface area contributed by atoms with Gasteiger partial charge in [0.2, 0.25) is 11.8 Å². The average Bonchev–Trinajstić information content (AvgIpc) is 2.87. The molecule has 0 spiro atoms. The van der Waals surface area contributed by atoms with Gasteiger partial charge < -0.3 is 27.2 Å². The third kappa shape index (κ3) is 6.60. The second kappa shape index (κ2) is 9.69. The summed E-state index contributed by atoms with van der Waals surface area (Å²) < 4.78 is 0. The van der Waals surface area contributed by atoms with Crippen LogP contribution in [0.1, 0.15) is 46.5 Å². The molecule has 2 amide bonds. The number of nitrogens with one attached hydrogen (secondary N) is 3. The second-order valence-electron chi connectivity index (χ2n) is 6.85. The molecule has 25 heavy (non-hydrogen) atoms. The Morgan fingerprint density at radius 3 is 2.32 bits per heavy atom. The van der Waals surface area contributed by atoms with E-state index in [1.54, 1.807) is 0 Å². The Morgan fingerprint density at radius 2 is 1.84 bits per heavy atom. The van der Waals surface area contributed by atoms with Crippen molar-refractivity contribution < 1.29 is 19.5 Å². The Kier molecular flexibility index (Phi) is 8.27. The summed E-state index contributed by atoms with van der Waals surface area (Å²) in [5.41, 5.74) is 11.2. The molecule has 0 radical (unpaired) electrons. The number of hydrogen-bond donors (Lipinski definition) is 6. The molecule has 1 aliphatic rings. The van der Waals surface area contributed by atoms with Gasteiger partial charge >= 0.3 is 5.97 Å². The summed E-state index contributed by atoms with van der Waals surface area (Å²) >= 11 is 0. The lowest BCUT2D eigenvalue weighted by Gasteiger charge is -2.30. The van der Waals surface area contributed by atoms with Crippen LogP contribution in [0.4, 0.5) is 0 Å². The number of carbonyl (C=O) groups excluding carboxylic acids is 2. The van der Waals surface area contributed by atoms with Crippen LogP contribution in [0.15, 0.2) is 0 Å². The minimum atomic E-state index is -0.929. The number of carbonyl (C=O) groups is 3. The van der Waals surface area contributed by atoms with E-state index >= 15 is 0 Å². The van der Waals surface area contributed by atoms with Crippen LogP contribution in [-0.2, 0) is 14.4 Å². The maximum Gasteiger partial charge on any atom is 0.306 e. The maximum absolute atomic E-state index is 12.7. The Morgan fingerprint density at radius 1 is 1.20 bits per heavy atom. The molecule has 0 saturated heterocycles. The first-order chi connectivity index (χ1) is 11.6. The first kappa shape index (κ1) is 21.3. The van der Waals surface area contributed by atoms with Gasteiger partial charge in [-0.3, -0.25) is 19.7 Å². The van der Waals surface area contributed by atoms with E-state index in [1.807, 2.05) is 13.8 Å². The largest absolute Gasteiger partial charge is 0.481 e. The molecule has 144 valence electrons. The zero-order valence-electron chi connectivity index (χ0n) is 15.1. The van der Waals surface area contributed by atoms with Crippen molar-refractivity contribution in [3.05, 3.63) is 0 Å². The lowest BCUT2D eigenvalue weighted by molar-refractivity contribution is -0.141. The lowest BCUT2D eigenvalue weighted by atomic mass is 9.92. The van der Waals surface area contributed by atoms with Crippen LogP contribution in [0.2, 0.25) is 0 Å². The quantitative estimate of drug-likeness (QED) is 0.291. The molecule has 0 aromatic carbocycles. The van der Waals surface area contributed by atoms with Gasteiger partial charge in [0.15, 0.2) is 0 Å². The van der Waals surface area contributed by atoms with E-state index in [0.29, 0.717) is 6.42 Å². The molecule has 1 saturated carbocycles. The number of aliphatic carboxylic acids is 1. The first-order valence-electron chi connectivity index (χ1n) is 8.73. The predicted molar refractivity (Wildman–Crippen MR) is 93.1 cm³/mol. The minimum absolute atomic E-state index is 0.0337. The highest BCUT2D eigenvalue weighted by Crippen LogP contribution is 2.34. The Bertz CT molecular complexity index is 485. The molecular formula is C16H31N5O4. The Balaban J connectivity index is 2.98. The summed E-state index contributed by atoms with van der Waals surface area (Å²) in [6.07, 6.45) is 1.47. The SMILES string of the molecule is CCCC(C)NC(=O)C(NC(C)=O)C1CC(C(=O)O)CC1NC(N)N. The zero-order valence-corrected chi connectivity index (χ0v) is 15.1. The van der Waals surface area contributed by atoms with Crippen molar-refractivity contribution in [3.63, 3.8) is 0 Å². The predicted octanol–water partition coefficient (Wildman–Crippen LogP) is -0.934. The van der Waals surface area contributed by atoms with Crippen molar-refractivity contribution in [2.45, 2.75) is 70.9 Å². The zero-order chi connectivity index (χ0) is 19.1. The maximum atomic E-state index is 12.7. The van der Waals surface area contributed by atoms with Crippen molar-refractivity contribution in [1.82, 2.24) is 16.0 Å². The number of carboxylic acid groups (broad SMARTS) is 1. The van der Waals surface area contributed by atoms with E-state index in [2.05, 4.69) is 16.0 Å². The van der Waals surface area contributed by atoms with Crippen LogP contribution < -0.4 is 27.4 Å². The average molecular weight is 357 g/mol. The van der Waals surface area contributed by atoms with E-state index in [-0.39, 0.29) is 30.3 Å². The molecule has 0 aliphatic heterocycles. The molecule has 0 aromatic rings. The highest BCUT2D eigenvalue weighted by Gasteiger charge is 2.44. The number of hydrogen-bond acceptors (Lipinski definition) is 6.